The molecule has 0 spiro atoms. The molecule has 0 aliphatic rings. The molecule has 136 valence electrons. The molecule has 1 aromatic carbocycles. The molecular weight excluding hydrogens is 328 g/mol. The highest BCUT2D eigenvalue weighted by atomic mass is 16.5. The minimum absolute atomic E-state index is 0.103. The van der Waals surface area contributed by atoms with Gasteiger partial charge >= 0.3 is 0 Å². The number of rotatable bonds is 6. The number of ether oxygens (including phenoxy) is 2. The Hall–Kier alpha value is -3.00. The first-order chi connectivity index (χ1) is 12.4. The number of hydrogen-bond donors (Lipinski definition) is 1. The third kappa shape index (κ3) is 6.86. The molecule has 1 amide bonds. The number of nitrogens with zero attached hydrogens (tertiary/aromatic N) is 1. The van der Waals surface area contributed by atoms with E-state index in [1.807, 2.05) is 37.3 Å². The third-order valence-electron chi connectivity index (χ3n) is 3.20. The van der Waals surface area contributed by atoms with Gasteiger partial charge in [0.15, 0.2) is 0 Å². The van der Waals surface area contributed by atoms with Crippen molar-refractivity contribution in [3.63, 3.8) is 0 Å². The standard InChI is InChI=1S/C21H24N2O3/c1-15(2)14-25-19-6-5-7-20(12-19)26-21-11-10-18(13-22-21)9-8-16(3)23-17(4)24/h5-7,10-13,15-16H,14H2,1-4H3,(H,23,24). The smallest absolute Gasteiger partial charge is 0.219 e. The lowest BCUT2D eigenvalue weighted by Gasteiger charge is -2.10. The fourth-order valence-corrected chi connectivity index (χ4v) is 2.06. The maximum absolute atomic E-state index is 11.0. The van der Waals surface area contributed by atoms with Gasteiger partial charge in [0, 0.05) is 30.8 Å². The van der Waals surface area contributed by atoms with Gasteiger partial charge in [-0.05, 0) is 31.0 Å². The zero-order chi connectivity index (χ0) is 18.9. The Morgan fingerprint density at radius 2 is 1.96 bits per heavy atom. The van der Waals surface area contributed by atoms with E-state index in [0.29, 0.717) is 24.2 Å². The van der Waals surface area contributed by atoms with Crippen molar-refractivity contribution in [2.24, 2.45) is 5.92 Å². The van der Waals surface area contributed by atoms with Gasteiger partial charge in [0.1, 0.15) is 11.5 Å². The molecule has 1 N–H and O–H groups in total. The van der Waals surface area contributed by atoms with Crippen LogP contribution in [0.15, 0.2) is 42.6 Å². The van der Waals surface area contributed by atoms with Gasteiger partial charge in [0.2, 0.25) is 11.8 Å². The van der Waals surface area contributed by atoms with Gasteiger partial charge in [-0.15, -0.1) is 0 Å². The molecule has 2 rings (SSSR count). The Labute approximate surface area is 154 Å². The van der Waals surface area contributed by atoms with Crippen LogP contribution in [0.5, 0.6) is 17.4 Å². The molecule has 0 aliphatic heterocycles. The lowest BCUT2D eigenvalue weighted by molar-refractivity contribution is -0.119. The topological polar surface area (TPSA) is 60.5 Å². The van der Waals surface area contributed by atoms with Crippen LogP contribution in [0.3, 0.4) is 0 Å². The SMILES string of the molecule is CC(=O)NC(C)C#Cc1ccc(Oc2cccc(OCC(C)C)c2)nc1. The van der Waals surface area contributed by atoms with Crippen molar-refractivity contribution in [2.75, 3.05) is 6.61 Å². The summed E-state index contributed by atoms with van der Waals surface area (Å²) in [5.41, 5.74) is 0.753. The van der Waals surface area contributed by atoms with Crippen LogP contribution in [0.2, 0.25) is 0 Å². The predicted molar refractivity (Wildman–Crippen MR) is 101 cm³/mol. The minimum atomic E-state index is -0.211. The van der Waals surface area contributed by atoms with E-state index in [4.69, 9.17) is 9.47 Å². The number of carbonyl (C=O) groups excluding carboxylic acids is 1. The van der Waals surface area contributed by atoms with E-state index >= 15 is 0 Å². The molecule has 0 aliphatic carbocycles. The summed E-state index contributed by atoms with van der Waals surface area (Å²) in [7, 11) is 0. The molecule has 0 saturated heterocycles. The van der Waals surface area contributed by atoms with Crippen molar-refractivity contribution in [3.05, 3.63) is 48.2 Å². The Morgan fingerprint density at radius 3 is 2.62 bits per heavy atom. The summed E-state index contributed by atoms with van der Waals surface area (Å²) in [6, 6.07) is 10.9. The molecule has 5 heteroatoms. The highest BCUT2D eigenvalue weighted by Gasteiger charge is 2.03. The number of carbonyl (C=O) groups is 1. The van der Waals surface area contributed by atoms with E-state index in [9.17, 15) is 4.79 Å². The number of aromatic nitrogens is 1. The first kappa shape index (κ1) is 19.3. The number of amides is 1. The van der Waals surface area contributed by atoms with Crippen LogP contribution in [0.25, 0.3) is 0 Å². The Morgan fingerprint density at radius 1 is 1.19 bits per heavy atom. The maximum Gasteiger partial charge on any atom is 0.219 e. The lowest BCUT2D eigenvalue weighted by atomic mass is 10.2. The van der Waals surface area contributed by atoms with Gasteiger partial charge in [-0.3, -0.25) is 4.79 Å². The fraction of sp³-hybridized carbons (Fsp3) is 0.333. The second-order valence-corrected chi connectivity index (χ2v) is 6.36. The van der Waals surface area contributed by atoms with E-state index in [0.717, 1.165) is 11.3 Å². The van der Waals surface area contributed by atoms with Crippen LogP contribution in [0.4, 0.5) is 0 Å². The largest absolute Gasteiger partial charge is 0.493 e. The number of hydrogen-bond acceptors (Lipinski definition) is 4. The highest BCUT2D eigenvalue weighted by molar-refractivity contribution is 5.73. The third-order valence-corrected chi connectivity index (χ3v) is 3.20. The lowest BCUT2D eigenvalue weighted by Crippen LogP contribution is -2.28. The summed E-state index contributed by atoms with van der Waals surface area (Å²) >= 11 is 0. The zero-order valence-electron chi connectivity index (χ0n) is 15.6. The molecule has 1 aromatic heterocycles. The number of benzene rings is 1. The van der Waals surface area contributed by atoms with Crippen molar-refractivity contribution < 1.29 is 14.3 Å². The second kappa shape index (κ2) is 9.47. The van der Waals surface area contributed by atoms with Crippen LogP contribution in [-0.2, 0) is 4.79 Å². The van der Waals surface area contributed by atoms with Gasteiger partial charge in [-0.2, -0.15) is 0 Å². The Bertz CT molecular complexity index is 789. The van der Waals surface area contributed by atoms with Crippen molar-refractivity contribution in [1.29, 1.82) is 0 Å². The normalized spacial score (nSPS) is 11.3. The van der Waals surface area contributed by atoms with E-state index in [2.05, 4.69) is 36.0 Å². The quantitative estimate of drug-likeness (QED) is 0.804. The summed E-state index contributed by atoms with van der Waals surface area (Å²) in [6.45, 7) is 8.16. The van der Waals surface area contributed by atoms with Crippen molar-refractivity contribution >= 4 is 5.91 Å². The summed E-state index contributed by atoms with van der Waals surface area (Å²) in [6.07, 6.45) is 1.64. The van der Waals surface area contributed by atoms with Gasteiger partial charge in [0.25, 0.3) is 0 Å². The fourth-order valence-electron chi connectivity index (χ4n) is 2.06. The number of pyridine rings is 1. The molecule has 5 nitrogen and oxygen atoms in total. The highest BCUT2D eigenvalue weighted by Crippen LogP contribution is 2.24. The predicted octanol–water partition coefficient (Wildman–Crippen LogP) is 3.78. The monoisotopic (exact) mass is 352 g/mol. The number of nitrogens with one attached hydrogen (secondary N) is 1. The van der Waals surface area contributed by atoms with Crippen LogP contribution in [-0.4, -0.2) is 23.5 Å². The van der Waals surface area contributed by atoms with E-state index < -0.39 is 0 Å². The van der Waals surface area contributed by atoms with E-state index in [-0.39, 0.29) is 11.9 Å². The maximum atomic E-state index is 11.0. The van der Waals surface area contributed by atoms with E-state index in [1.165, 1.54) is 6.92 Å². The molecule has 0 saturated carbocycles. The Balaban J connectivity index is 1.98. The summed E-state index contributed by atoms with van der Waals surface area (Å²) < 4.78 is 11.5. The molecule has 26 heavy (non-hydrogen) atoms. The average Bonchev–Trinajstić information content (AvgIpc) is 2.59. The van der Waals surface area contributed by atoms with Crippen molar-refractivity contribution in [1.82, 2.24) is 10.3 Å². The van der Waals surface area contributed by atoms with Crippen molar-refractivity contribution in [3.8, 4) is 29.2 Å². The molecule has 0 radical (unpaired) electrons. The van der Waals surface area contributed by atoms with Gasteiger partial charge in [0.05, 0.1) is 12.6 Å². The first-order valence-corrected chi connectivity index (χ1v) is 8.58. The zero-order valence-corrected chi connectivity index (χ0v) is 15.6. The van der Waals surface area contributed by atoms with Gasteiger partial charge in [-0.1, -0.05) is 31.8 Å². The molecule has 0 fully saturated rings. The van der Waals surface area contributed by atoms with Crippen molar-refractivity contribution in [2.45, 2.75) is 33.7 Å². The van der Waals surface area contributed by atoms with Crippen LogP contribution in [0, 0.1) is 17.8 Å². The average molecular weight is 352 g/mol. The molecule has 0 bridgehead atoms. The molecule has 1 heterocycles. The van der Waals surface area contributed by atoms with Gasteiger partial charge < -0.3 is 14.8 Å². The van der Waals surface area contributed by atoms with E-state index in [1.54, 1.807) is 12.3 Å². The molecule has 2 aromatic rings. The molecule has 1 atom stereocenters. The second-order valence-electron chi connectivity index (χ2n) is 6.36. The summed E-state index contributed by atoms with van der Waals surface area (Å²) in [5, 5.41) is 2.71. The first-order valence-electron chi connectivity index (χ1n) is 8.58. The van der Waals surface area contributed by atoms with Crippen LogP contribution >= 0.6 is 0 Å². The molecule has 1 unspecified atom stereocenters. The van der Waals surface area contributed by atoms with Crippen LogP contribution in [0.1, 0.15) is 33.3 Å². The van der Waals surface area contributed by atoms with Crippen LogP contribution < -0.4 is 14.8 Å². The Kier molecular flexibility index (Phi) is 7.04. The molecular formula is C21H24N2O3. The summed E-state index contributed by atoms with van der Waals surface area (Å²) in [5.74, 6) is 8.19. The van der Waals surface area contributed by atoms with Gasteiger partial charge in [-0.25, -0.2) is 4.98 Å². The summed E-state index contributed by atoms with van der Waals surface area (Å²) in [4.78, 5) is 15.2. The minimum Gasteiger partial charge on any atom is -0.493 e.